The third kappa shape index (κ3) is 2.63. The molecule has 1 aromatic rings. The van der Waals surface area contributed by atoms with Crippen molar-refractivity contribution >= 4 is 26.2 Å². The van der Waals surface area contributed by atoms with Crippen LogP contribution in [0.5, 0.6) is 0 Å². The molecule has 1 rings (SSSR count). The third-order valence-corrected chi connectivity index (χ3v) is 0.478. The molecule has 35 valence electrons. The summed E-state index contributed by atoms with van der Waals surface area (Å²) in [5.74, 6) is 0. The van der Waals surface area contributed by atoms with Gasteiger partial charge in [-0.15, -0.1) is 0 Å². The SMILES string of the molecule is [Bi].c1cncnc1. The maximum Gasteiger partial charge on any atom is 0.115 e. The first-order chi connectivity index (χ1) is 3.00. The Labute approximate surface area is 61.1 Å². The second kappa shape index (κ2) is 4.13. The average Bonchev–Trinajstić information content (AvgIpc) is 1.72. The van der Waals surface area contributed by atoms with E-state index in [1.807, 2.05) is 0 Å². The fraction of sp³-hybridized carbons (Fsp3) is 0. The van der Waals surface area contributed by atoms with Gasteiger partial charge in [-0.3, -0.25) is 0 Å². The number of rotatable bonds is 0. The van der Waals surface area contributed by atoms with Gasteiger partial charge in [0.1, 0.15) is 6.33 Å². The molecule has 2 nitrogen and oxygen atoms in total. The molecule has 0 fully saturated rings. The summed E-state index contributed by atoms with van der Waals surface area (Å²) in [4.78, 5) is 7.35. The quantitative estimate of drug-likeness (QED) is 0.633. The Kier molecular flexibility index (Phi) is 4.11. The van der Waals surface area contributed by atoms with Gasteiger partial charge in [-0.25, -0.2) is 9.97 Å². The summed E-state index contributed by atoms with van der Waals surface area (Å²) in [6, 6.07) is 1.78. The molecule has 0 spiro atoms. The van der Waals surface area contributed by atoms with Crippen molar-refractivity contribution < 1.29 is 0 Å². The van der Waals surface area contributed by atoms with Crippen LogP contribution < -0.4 is 0 Å². The Morgan fingerprint density at radius 2 is 1.57 bits per heavy atom. The van der Waals surface area contributed by atoms with Crippen LogP contribution in [0.1, 0.15) is 0 Å². The van der Waals surface area contributed by atoms with Gasteiger partial charge in [0.25, 0.3) is 0 Å². The molecule has 0 unspecified atom stereocenters. The van der Waals surface area contributed by atoms with E-state index in [-0.39, 0.29) is 26.2 Å². The summed E-state index contributed by atoms with van der Waals surface area (Å²) in [6.07, 6.45) is 4.88. The Balaban J connectivity index is 0.000000360. The molecule has 0 N–H and O–H groups in total. The first-order valence-electron chi connectivity index (χ1n) is 1.70. The molecule has 0 aliphatic carbocycles. The molecule has 0 aliphatic rings. The summed E-state index contributed by atoms with van der Waals surface area (Å²) < 4.78 is 0. The van der Waals surface area contributed by atoms with Crippen molar-refractivity contribution in [2.24, 2.45) is 0 Å². The van der Waals surface area contributed by atoms with E-state index >= 15 is 0 Å². The summed E-state index contributed by atoms with van der Waals surface area (Å²) in [6.45, 7) is 0. The third-order valence-electron chi connectivity index (χ3n) is 0.478. The smallest absolute Gasteiger partial charge is 0.115 e. The normalized spacial score (nSPS) is 6.86. The summed E-state index contributed by atoms with van der Waals surface area (Å²) in [5.41, 5.74) is 0. The molecule has 3 radical (unpaired) electrons. The second-order valence-electron chi connectivity index (χ2n) is 0.904. The Morgan fingerprint density at radius 3 is 1.71 bits per heavy atom. The van der Waals surface area contributed by atoms with Crippen molar-refractivity contribution in [2.45, 2.75) is 0 Å². The molecule has 0 saturated heterocycles. The van der Waals surface area contributed by atoms with Gasteiger partial charge in [0.2, 0.25) is 0 Å². The van der Waals surface area contributed by atoms with Crippen LogP contribution in [0, 0.1) is 0 Å². The molecular formula is C4H4BiN2. The molecule has 1 aromatic heterocycles. The van der Waals surface area contributed by atoms with E-state index < -0.39 is 0 Å². The Morgan fingerprint density at radius 1 is 1.00 bits per heavy atom. The number of hydrogen-bond acceptors (Lipinski definition) is 2. The summed E-state index contributed by atoms with van der Waals surface area (Å²) in [7, 11) is 0. The molecule has 0 atom stereocenters. The monoisotopic (exact) mass is 289 g/mol. The van der Waals surface area contributed by atoms with E-state index in [1.165, 1.54) is 6.33 Å². The molecule has 7 heavy (non-hydrogen) atoms. The molecule has 0 amide bonds. The minimum absolute atomic E-state index is 0. The predicted octanol–water partition coefficient (Wildman–Crippen LogP) is 0.0958. The maximum atomic E-state index is 3.67. The van der Waals surface area contributed by atoms with E-state index in [2.05, 4.69) is 9.97 Å². The number of aromatic nitrogens is 2. The molecule has 0 aromatic carbocycles. The van der Waals surface area contributed by atoms with Gasteiger partial charge in [-0.05, 0) is 6.07 Å². The van der Waals surface area contributed by atoms with Crippen LogP contribution in [0.4, 0.5) is 0 Å². The standard InChI is InChI=1S/C4H4N2.Bi/c1-2-5-4-6-3-1;/h1-4H;. The van der Waals surface area contributed by atoms with Gasteiger partial charge >= 0.3 is 0 Å². The van der Waals surface area contributed by atoms with E-state index in [0.29, 0.717) is 0 Å². The summed E-state index contributed by atoms with van der Waals surface area (Å²) >= 11 is 0. The van der Waals surface area contributed by atoms with Gasteiger partial charge in [-0.1, -0.05) is 0 Å². The molecule has 0 bridgehead atoms. The van der Waals surface area contributed by atoms with Crippen molar-refractivity contribution in [2.75, 3.05) is 0 Å². The van der Waals surface area contributed by atoms with Gasteiger partial charge in [0.05, 0.1) is 0 Å². The zero-order valence-electron chi connectivity index (χ0n) is 3.65. The van der Waals surface area contributed by atoms with Crippen molar-refractivity contribution in [1.82, 2.24) is 9.97 Å². The number of hydrogen-bond donors (Lipinski definition) is 0. The van der Waals surface area contributed by atoms with Gasteiger partial charge in [0.15, 0.2) is 0 Å². The maximum absolute atomic E-state index is 3.67. The van der Waals surface area contributed by atoms with Crippen LogP contribution in [0.15, 0.2) is 24.8 Å². The molecule has 0 saturated carbocycles. The van der Waals surface area contributed by atoms with E-state index in [1.54, 1.807) is 18.5 Å². The summed E-state index contributed by atoms with van der Waals surface area (Å²) in [5, 5.41) is 0. The minimum atomic E-state index is 0. The number of nitrogens with zero attached hydrogens (tertiary/aromatic N) is 2. The largest absolute Gasteiger partial charge is 0.245 e. The van der Waals surface area contributed by atoms with Crippen molar-refractivity contribution in [1.29, 1.82) is 0 Å². The van der Waals surface area contributed by atoms with E-state index in [4.69, 9.17) is 0 Å². The molecule has 3 heteroatoms. The first-order valence-corrected chi connectivity index (χ1v) is 1.70. The van der Waals surface area contributed by atoms with Crippen molar-refractivity contribution in [3.8, 4) is 0 Å². The van der Waals surface area contributed by atoms with Crippen LogP contribution in [0.2, 0.25) is 0 Å². The average molecular weight is 289 g/mol. The van der Waals surface area contributed by atoms with Crippen LogP contribution >= 0.6 is 0 Å². The van der Waals surface area contributed by atoms with Crippen LogP contribution in [-0.2, 0) is 0 Å². The fourth-order valence-corrected chi connectivity index (χ4v) is 0.253. The van der Waals surface area contributed by atoms with Crippen LogP contribution in [-0.4, -0.2) is 36.2 Å². The minimum Gasteiger partial charge on any atom is -0.245 e. The topological polar surface area (TPSA) is 25.8 Å². The zero-order valence-corrected chi connectivity index (χ0v) is 7.13. The van der Waals surface area contributed by atoms with E-state index in [9.17, 15) is 0 Å². The van der Waals surface area contributed by atoms with Gasteiger partial charge in [-0.2, -0.15) is 0 Å². The van der Waals surface area contributed by atoms with Crippen LogP contribution in [0.3, 0.4) is 0 Å². The van der Waals surface area contributed by atoms with Crippen molar-refractivity contribution in [3.05, 3.63) is 24.8 Å². The van der Waals surface area contributed by atoms with Crippen molar-refractivity contribution in [3.63, 3.8) is 0 Å². The van der Waals surface area contributed by atoms with Crippen LogP contribution in [0.25, 0.3) is 0 Å². The second-order valence-corrected chi connectivity index (χ2v) is 0.904. The van der Waals surface area contributed by atoms with Gasteiger partial charge in [0, 0.05) is 38.6 Å². The zero-order chi connectivity index (χ0) is 4.24. The fourth-order valence-electron chi connectivity index (χ4n) is 0.253. The molecule has 1 heterocycles. The first kappa shape index (κ1) is 6.96. The van der Waals surface area contributed by atoms with Gasteiger partial charge < -0.3 is 0 Å². The van der Waals surface area contributed by atoms with E-state index in [0.717, 1.165) is 0 Å². The molecular weight excluding hydrogens is 285 g/mol. The Hall–Kier alpha value is -0.0369. The predicted molar refractivity (Wildman–Crippen MR) is 27.8 cm³/mol. The molecule has 0 aliphatic heterocycles. The Bertz CT molecular complexity index is 81.6.